The van der Waals surface area contributed by atoms with Crippen molar-refractivity contribution in [3.05, 3.63) is 12.2 Å². The zero-order valence-electron chi connectivity index (χ0n) is 8.10. The highest BCUT2D eigenvalue weighted by molar-refractivity contribution is 5.96. The largest absolute Gasteiger partial charge is 0.294 e. The summed E-state index contributed by atoms with van der Waals surface area (Å²) in [6.07, 6.45) is 4.80. The van der Waals surface area contributed by atoms with Gasteiger partial charge in [0.05, 0.1) is 0 Å². The van der Waals surface area contributed by atoms with Crippen molar-refractivity contribution in [2.45, 2.75) is 39.5 Å². The summed E-state index contributed by atoms with van der Waals surface area (Å²) in [4.78, 5) is 11.6. The lowest BCUT2D eigenvalue weighted by Crippen LogP contribution is -2.25. The first kappa shape index (κ1) is 9.50. The minimum absolute atomic E-state index is 0.274. The second-order valence-corrected chi connectivity index (χ2v) is 4.01. The van der Waals surface area contributed by atoms with Crippen molar-refractivity contribution < 1.29 is 4.79 Å². The number of rotatable bonds is 2. The number of carbonyl (C=O) groups is 1. The Morgan fingerprint density at radius 3 is 2.42 bits per heavy atom. The van der Waals surface area contributed by atoms with Gasteiger partial charge in [0.2, 0.25) is 0 Å². The van der Waals surface area contributed by atoms with Gasteiger partial charge in [-0.15, -0.1) is 0 Å². The van der Waals surface area contributed by atoms with Gasteiger partial charge < -0.3 is 0 Å². The molecule has 1 heteroatoms. The van der Waals surface area contributed by atoms with Crippen molar-refractivity contribution in [2.24, 2.45) is 11.8 Å². The summed E-state index contributed by atoms with van der Waals surface area (Å²) in [7, 11) is 0. The van der Waals surface area contributed by atoms with Gasteiger partial charge in [0, 0.05) is 5.92 Å². The first-order valence-corrected chi connectivity index (χ1v) is 4.82. The van der Waals surface area contributed by atoms with Gasteiger partial charge in [0.1, 0.15) is 0 Å². The number of ketones is 1. The summed E-state index contributed by atoms with van der Waals surface area (Å²) in [6.45, 7) is 7.72. The molecule has 0 aromatic rings. The average Bonchev–Trinajstić information content (AvgIpc) is 2.04. The topological polar surface area (TPSA) is 17.1 Å². The smallest absolute Gasteiger partial charge is 0.161 e. The fraction of sp³-hybridized carbons (Fsp3) is 0.727. The zero-order valence-corrected chi connectivity index (χ0v) is 8.10. The van der Waals surface area contributed by atoms with Crippen LogP contribution in [-0.2, 0) is 4.79 Å². The molecule has 0 spiro atoms. The molecule has 1 nitrogen and oxygen atoms in total. The molecular weight excluding hydrogens is 148 g/mol. The molecule has 0 N–H and O–H groups in total. The summed E-state index contributed by atoms with van der Waals surface area (Å²) < 4.78 is 0. The first-order chi connectivity index (χ1) is 5.63. The van der Waals surface area contributed by atoms with E-state index in [0.29, 0.717) is 11.7 Å². The highest BCUT2D eigenvalue weighted by Crippen LogP contribution is 2.31. The Morgan fingerprint density at radius 1 is 1.33 bits per heavy atom. The van der Waals surface area contributed by atoms with Gasteiger partial charge in [-0.2, -0.15) is 0 Å². The molecule has 0 aromatic carbocycles. The van der Waals surface area contributed by atoms with E-state index < -0.39 is 0 Å². The van der Waals surface area contributed by atoms with Gasteiger partial charge in [0.15, 0.2) is 5.78 Å². The van der Waals surface area contributed by atoms with Crippen LogP contribution in [0.5, 0.6) is 0 Å². The average molecular weight is 166 g/mol. The van der Waals surface area contributed by atoms with Crippen LogP contribution in [-0.4, -0.2) is 5.78 Å². The van der Waals surface area contributed by atoms with E-state index in [4.69, 9.17) is 0 Å². The molecule has 0 radical (unpaired) electrons. The van der Waals surface area contributed by atoms with Crippen LogP contribution >= 0.6 is 0 Å². The van der Waals surface area contributed by atoms with Crippen LogP contribution in [0.1, 0.15) is 39.5 Å². The van der Waals surface area contributed by atoms with Gasteiger partial charge in [-0.3, -0.25) is 4.79 Å². The van der Waals surface area contributed by atoms with Crippen molar-refractivity contribution in [3.8, 4) is 0 Å². The molecular formula is C11H18O. The molecule has 1 fully saturated rings. The molecule has 0 heterocycles. The fourth-order valence-electron chi connectivity index (χ4n) is 2.02. The maximum Gasteiger partial charge on any atom is 0.161 e. The molecule has 0 aromatic heterocycles. The summed E-state index contributed by atoms with van der Waals surface area (Å²) in [5.41, 5.74) is 0.730. The van der Waals surface area contributed by atoms with Crippen LogP contribution in [0.3, 0.4) is 0 Å². The number of Topliss-reactive ketones (excluding diaryl/α,β-unsaturated/α-hetero) is 1. The first-order valence-electron chi connectivity index (χ1n) is 4.82. The molecule has 1 rings (SSSR count). The SMILES string of the molecule is C=C(C)C(=O)C1CCCCC1C. The molecule has 0 saturated heterocycles. The Hall–Kier alpha value is -0.590. The highest BCUT2D eigenvalue weighted by Gasteiger charge is 2.27. The van der Waals surface area contributed by atoms with Crippen LogP contribution < -0.4 is 0 Å². The van der Waals surface area contributed by atoms with Gasteiger partial charge in [0.25, 0.3) is 0 Å². The second kappa shape index (κ2) is 3.88. The molecule has 1 saturated carbocycles. The monoisotopic (exact) mass is 166 g/mol. The van der Waals surface area contributed by atoms with Gasteiger partial charge in [-0.05, 0) is 24.8 Å². The lowest BCUT2D eigenvalue weighted by Gasteiger charge is -2.27. The second-order valence-electron chi connectivity index (χ2n) is 4.01. The van der Waals surface area contributed by atoms with E-state index in [2.05, 4.69) is 13.5 Å². The minimum atomic E-state index is 0.274. The summed E-state index contributed by atoms with van der Waals surface area (Å²) in [5.74, 6) is 1.14. The summed E-state index contributed by atoms with van der Waals surface area (Å²) in [6, 6.07) is 0. The van der Waals surface area contributed by atoms with Crippen molar-refractivity contribution >= 4 is 5.78 Å². The summed E-state index contributed by atoms with van der Waals surface area (Å²) in [5, 5.41) is 0. The van der Waals surface area contributed by atoms with E-state index in [1.54, 1.807) is 0 Å². The number of hydrogen-bond donors (Lipinski definition) is 0. The van der Waals surface area contributed by atoms with Crippen LogP contribution in [0, 0.1) is 11.8 Å². The molecule has 68 valence electrons. The van der Waals surface area contributed by atoms with Gasteiger partial charge in [-0.1, -0.05) is 32.8 Å². The van der Waals surface area contributed by atoms with Crippen LogP contribution in [0.4, 0.5) is 0 Å². The van der Waals surface area contributed by atoms with Crippen molar-refractivity contribution in [1.29, 1.82) is 0 Å². The molecule has 2 atom stereocenters. The zero-order chi connectivity index (χ0) is 9.14. The third-order valence-corrected chi connectivity index (χ3v) is 2.87. The maximum absolute atomic E-state index is 11.6. The molecule has 0 aliphatic heterocycles. The Morgan fingerprint density at radius 2 is 1.92 bits per heavy atom. The predicted octanol–water partition coefficient (Wildman–Crippen LogP) is 2.96. The number of carbonyl (C=O) groups excluding carboxylic acids is 1. The Kier molecular flexibility index (Phi) is 3.07. The van der Waals surface area contributed by atoms with E-state index in [0.717, 1.165) is 12.0 Å². The van der Waals surface area contributed by atoms with Gasteiger partial charge in [-0.25, -0.2) is 0 Å². The van der Waals surface area contributed by atoms with Crippen molar-refractivity contribution in [1.82, 2.24) is 0 Å². The van der Waals surface area contributed by atoms with E-state index >= 15 is 0 Å². The third-order valence-electron chi connectivity index (χ3n) is 2.87. The van der Waals surface area contributed by atoms with Crippen LogP contribution in [0.2, 0.25) is 0 Å². The molecule has 1 aliphatic rings. The minimum Gasteiger partial charge on any atom is -0.294 e. The quantitative estimate of drug-likeness (QED) is 0.576. The standard InChI is InChI=1S/C11H18O/c1-8(2)11(12)10-7-5-4-6-9(10)3/h9-10H,1,4-7H2,2-3H3. The van der Waals surface area contributed by atoms with Crippen molar-refractivity contribution in [3.63, 3.8) is 0 Å². The molecule has 1 aliphatic carbocycles. The lowest BCUT2D eigenvalue weighted by atomic mass is 9.77. The van der Waals surface area contributed by atoms with E-state index in [1.807, 2.05) is 6.92 Å². The number of allylic oxidation sites excluding steroid dienone is 1. The Bertz CT molecular complexity index is 193. The fourth-order valence-corrected chi connectivity index (χ4v) is 2.02. The highest BCUT2D eigenvalue weighted by atomic mass is 16.1. The lowest BCUT2D eigenvalue weighted by molar-refractivity contribution is -0.121. The van der Waals surface area contributed by atoms with E-state index in [1.165, 1.54) is 19.3 Å². The maximum atomic E-state index is 11.6. The van der Waals surface area contributed by atoms with E-state index in [-0.39, 0.29) is 5.92 Å². The molecule has 12 heavy (non-hydrogen) atoms. The molecule has 2 unspecified atom stereocenters. The normalized spacial score (nSPS) is 29.8. The molecule has 0 amide bonds. The van der Waals surface area contributed by atoms with Crippen LogP contribution in [0.15, 0.2) is 12.2 Å². The number of hydrogen-bond acceptors (Lipinski definition) is 1. The Labute approximate surface area is 74.9 Å². The predicted molar refractivity (Wildman–Crippen MR) is 50.9 cm³/mol. The van der Waals surface area contributed by atoms with E-state index in [9.17, 15) is 4.79 Å². The third kappa shape index (κ3) is 1.96. The summed E-state index contributed by atoms with van der Waals surface area (Å²) >= 11 is 0. The van der Waals surface area contributed by atoms with Gasteiger partial charge >= 0.3 is 0 Å². The Balaban J connectivity index is 2.59. The molecule has 0 bridgehead atoms. The van der Waals surface area contributed by atoms with Crippen LogP contribution in [0.25, 0.3) is 0 Å². The van der Waals surface area contributed by atoms with Crippen molar-refractivity contribution in [2.75, 3.05) is 0 Å².